The minimum absolute atomic E-state index is 0.0278. The van der Waals surface area contributed by atoms with Crippen molar-refractivity contribution in [1.82, 2.24) is 10.3 Å². The van der Waals surface area contributed by atoms with Crippen molar-refractivity contribution in [3.05, 3.63) is 102 Å². The van der Waals surface area contributed by atoms with Crippen LogP contribution in [0.2, 0.25) is 0 Å². The van der Waals surface area contributed by atoms with Crippen molar-refractivity contribution < 1.29 is 41.7 Å². The number of halogens is 3. The van der Waals surface area contributed by atoms with Crippen molar-refractivity contribution in [3.8, 4) is 5.75 Å². The molecule has 218 valence electrons. The largest absolute Gasteiger partial charge is 0.506 e. The number of rotatable bonds is 9. The molecule has 0 aliphatic heterocycles. The number of aliphatic carboxylic acids is 1. The van der Waals surface area contributed by atoms with E-state index in [1.807, 2.05) is 48.5 Å². The van der Waals surface area contributed by atoms with E-state index in [9.17, 15) is 31.8 Å². The summed E-state index contributed by atoms with van der Waals surface area (Å²) in [6.07, 6.45) is -2.51. The Morgan fingerprint density at radius 1 is 1.00 bits per heavy atom. The van der Waals surface area contributed by atoms with E-state index in [1.165, 1.54) is 12.1 Å². The lowest BCUT2D eigenvalue weighted by atomic mass is 9.95. The number of pyridine rings is 1. The number of sulfonamides is 1. The molecule has 0 aliphatic carbocycles. The van der Waals surface area contributed by atoms with Gasteiger partial charge in [0.1, 0.15) is 5.75 Å². The van der Waals surface area contributed by atoms with E-state index < -0.39 is 28.3 Å². The molecule has 1 unspecified atom stereocenters. The Hall–Kier alpha value is -4.20. The Balaban J connectivity index is 0.000000587. The number of hydrogen-bond donors (Lipinski definition) is 5. The minimum atomic E-state index is -5.08. The molecule has 0 amide bonds. The third-order valence-corrected chi connectivity index (χ3v) is 6.43. The zero-order chi connectivity index (χ0) is 30.2. The van der Waals surface area contributed by atoms with Gasteiger partial charge in [0, 0.05) is 24.2 Å². The van der Waals surface area contributed by atoms with Crippen LogP contribution >= 0.6 is 0 Å². The first-order valence-electron chi connectivity index (χ1n) is 12.1. The van der Waals surface area contributed by atoms with Crippen LogP contribution in [0.15, 0.2) is 85.1 Å². The molecule has 0 saturated heterocycles. The van der Waals surface area contributed by atoms with Gasteiger partial charge in [-0.05, 0) is 47.4 Å². The fourth-order valence-electron chi connectivity index (χ4n) is 3.98. The Morgan fingerprint density at radius 3 is 2.27 bits per heavy atom. The molecule has 9 nitrogen and oxygen atoms in total. The number of nitrogens with zero attached hydrogens (tertiary/aromatic N) is 1. The van der Waals surface area contributed by atoms with E-state index in [0.29, 0.717) is 12.0 Å². The summed E-state index contributed by atoms with van der Waals surface area (Å²) in [5.41, 5.74) is 3.64. The smallest absolute Gasteiger partial charge is 0.490 e. The molecule has 1 aromatic heterocycles. The summed E-state index contributed by atoms with van der Waals surface area (Å²) in [5, 5.41) is 32.5. The van der Waals surface area contributed by atoms with Crippen LogP contribution in [0.1, 0.15) is 28.8 Å². The third kappa shape index (κ3) is 9.45. The van der Waals surface area contributed by atoms with Crippen LogP contribution < -0.4 is 10.0 Å². The lowest BCUT2D eigenvalue weighted by Gasteiger charge is -2.23. The highest BCUT2D eigenvalue weighted by molar-refractivity contribution is 7.92. The summed E-state index contributed by atoms with van der Waals surface area (Å²) in [5.74, 6) is -2.97. The van der Waals surface area contributed by atoms with E-state index in [-0.39, 0.29) is 24.0 Å². The number of aromatic hydroxyl groups is 1. The first-order valence-corrected chi connectivity index (χ1v) is 14.0. The number of phenolic OH excluding ortho intramolecular Hbond substituents is 1. The molecule has 41 heavy (non-hydrogen) atoms. The van der Waals surface area contributed by atoms with Gasteiger partial charge in [-0.25, -0.2) is 13.2 Å². The third-order valence-electron chi connectivity index (χ3n) is 5.84. The van der Waals surface area contributed by atoms with E-state index in [4.69, 9.17) is 9.90 Å². The van der Waals surface area contributed by atoms with E-state index in [1.54, 1.807) is 12.3 Å². The van der Waals surface area contributed by atoms with Crippen LogP contribution in [0.3, 0.4) is 0 Å². The molecule has 0 bridgehead atoms. The molecule has 0 aliphatic rings. The Labute approximate surface area is 234 Å². The minimum Gasteiger partial charge on any atom is -0.506 e. The van der Waals surface area contributed by atoms with Gasteiger partial charge in [-0.3, -0.25) is 9.71 Å². The lowest BCUT2D eigenvalue weighted by Crippen LogP contribution is -2.28. The number of phenols is 1. The summed E-state index contributed by atoms with van der Waals surface area (Å²) in [6, 6.07) is 24.3. The summed E-state index contributed by atoms with van der Waals surface area (Å²) < 4.78 is 57.2. The quantitative estimate of drug-likeness (QED) is 0.178. The second-order valence-corrected chi connectivity index (χ2v) is 10.8. The standard InChI is InChI=1S/C26H27N3O4S.C2HF3O2/c1-34(32,33)29-24-16-19(11-12-25(24)30)26(31)17-28-23(15-18-7-3-2-4-8-18)21-13-14-27-22-10-6-5-9-20(21)22;3-2(4,5)1(6)7/h2-14,16,23,26,28-31H,15,17H2,1H3;(H,6,7)/t23?,26-;/m0./s1. The van der Waals surface area contributed by atoms with Gasteiger partial charge in [-0.2, -0.15) is 13.2 Å². The van der Waals surface area contributed by atoms with Crippen molar-refractivity contribution >= 4 is 32.6 Å². The summed E-state index contributed by atoms with van der Waals surface area (Å²) in [7, 11) is -3.57. The topological polar surface area (TPSA) is 149 Å². The average Bonchev–Trinajstić information content (AvgIpc) is 2.91. The van der Waals surface area contributed by atoms with Gasteiger partial charge >= 0.3 is 12.1 Å². The molecule has 0 radical (unpaired) electrons. The van der Waals surface area contributed by atoms with Crippen molar-refractivity contribution in [1.29, 1.82) is 0 Å². The van der Waals surface area contributed by atoms with E-state index >= 15 is 0 Å². The Bertz CT molecular complexity index is 1580. The molecule has 4 aromatic rings. The second-order valence-electron chi connectivity index (χ2n) is 9.04. The zero-order valence-corrected chi connectivity index (χ0v) is 22.5. The van der Waals surface area contributed by atoms with Crippen LogP contribution in [0.5, 0.6) is 5.75 Å². The number of carbonyl (C=O) groups is 1. The molecule has 1 heterocycles. The number of aliphatic hydroxyl groups is 1. The van der Waals surface area contributed by atoms with Crippen molar-refractivity contribution in [2.24, 2.45) is 0 Å². The van der Waals surface area contributed by atoms with Gasteiger partial charge in [-0.15, -0.1) is 0 Å². The number of para-hydroxylation sites is 1. The number of hydrogen-bond acceptors (Lipinski definition) is 7. The van der Waals surface area contributed by atoms with E-state index in [2.05, 4.69) is 27.2 Å². The molecule has 0 saturated carbocycles. The molecule has 13 heteroatoms. The molecule has 5 N–H and O–H groups in total. The summed E-state index contributed by atoms with van der Waals surface area (Å²) in [6.45, 7) is 0.219. The molecular weight excluding hydrogens is 563 g/mol. The highest BCUT2D eigenvalue weighted by atomic mass is 32.2. The number of alkyl halides is 3. The first kappa shape index (κ1) is 31.3. The van der Waals surface area contributed by atoms with Crippen LogP contribution in [-0.2, 0) is 21.2 Å². The van der Waals surface area contributed by atoms with Crippen LogP contribution in [0, 0.1) is 0 Å². The van der Waals surface area contributed by atoms with Crippen LogP contribution in [-0.4, -0.2) is 53.7 Å². The lowest BCUT2D eigenvalue weighted by molar-refractivity contribution is -0.192. The van der Waals surface area contributed by atoms with Crippen molar-refractivity contribution in [3.63, 3.8) is 0 Å². The Morgan fingerprint density at radius 2 is 1.63 bits per heavy atom. The first-order chi connectivity index (χ1) is 19.2. The fourth-order valence-corrected chi connectivity index (χ4v) is 4.54. The molecule has 4 rings (SSSR count). The van der Waals surface area contributed by atoms with Crippen LogP contribution in [0.25, 0.3) is 10.9 Å². The second kappa shape index (κ2) is 13.4. The number of aliphatic hydroxyl groups excluding tert-OH is 1. The van der Waals surface area contributed by atoms with Crippen molar-refractivity contribution in [2.75, 3.05) is 17.5 Å². The number of carboxylic acids is 1. The molecule has 3 aromatic carbocycles. The zero-order valence-electron chi connectivity index (χ0n) is 21.7. The van der Waals surface area contributed by atoms with Crippen molar-refractivity contribution in [2.45, 2.75) is 24.7 Å². The number of anilines is 1. The number of nitrogens with one attached hydrogen (secondary N) is 2. The molecular formula is C28H28F3N3O6S. The number of aromatic nitrogens is 1. The van der Waals surface area contributed by atoms with Gasteiger partial charge in [0.05, 0.1) is 23.6 Å². The summed E-state index contributed by atoms with van der Waals surface area (Å²) in [4.78, 5) is 13.4. The summed E-state index contributed by atoms with van der Waals surface area (Å²) >= 11 is 0. The number of carboxylic acid groups (broad SMARTS) is 1. The molecule has 0 spiro atoms. The maximum Gasteiger partial charge on any atom is 0.490 e. The van der Waals surface area contributed by atoms with Gasteiger partial charge in [0.25, 0.3) is 0 Å². The predicted molar refractivity (Wildman–Crippen MR) is 148 cm³/mol. The normalized spacial score (nSPS) is 13.1. The van der Waals surface area contributed by atoms with Gasteiger partial charge in [-0.1, -0.05) is 54.6 Å². The number of fused-ring (bicyclic) bond motifs is 1. The highest BCUT2D eigenvalue weighted by Gasteiger charge is 2.38. The fraction of sp³-hybridized carbons (Fsp3) is 0.214. The maximum absolute atomic E-state index is 11.6. The SMILES string of the molecule is CS(=O)(=O)Nc1cc([C@@H](O)CNC(Cc2ccccc2)c2ccnc3ccccc23)ccc1O.O=C(O)C(F)(F)F. The van der Waals surface area contributed by atoms with E-state index in [0.717, 1.165) is 28.3 Å². The number of benzene rings is 3. The predicted octanol–water partition coefficient (Wildman–Crippen LogP) is 4.55. The van der Waals surface area contributed by atoms with Crippen LogP contribution in [0.4, 0.5) is 18.9 Å². The molecule has 0 fully saturated rings. The van der Waals surface area contributed by atoms with Gasteiger partial charge in [0.15, 0.2) is 0 Å². The monoisotopic (exact) mass is 591 g/mol. The van der Waals surface area contributed by atoms with Gasteiger partial charge < -0.3 is 20.6 Å². The average molecular weight is 592 g/mol. The van der Waals surface area contributed by atoms with Gasteiger partial charge in [0.2, 0.25) is 10.0 Å². The highest BCUT2D eigenvalue weighted by Crippen LogP contribution is 2.29. The maximum atomic E-state index is 11.6. The Kier molecular flexibility index (Phi) is 10.3. The molecule has 2 atom stereocenters.